The van der Waals surface area contributed by atoms with E-state index in [-0.39, 0.29) is 5.56 Å². The molecule has 148 valence electrons. The summed E-state index contributed by atoms with van der Waals surface area (Å²) >= 11 is 0. The van der Waals surface area contributed by atoms with Crippen molar-refractivity contribution in [2.75, 3.05) is 0 Å². The van der Waals surface area contributed by atoms with Gasteiger partial charge in [-0.05, 0) is 41.3 Å². The molecule has 0 amide bonds. The van der Waals surface area contributed by atoms with Crippen LogP contribution >= 0.6 is 0 Å². The van der Waals surface area contributed by atoms with Gasteiger partial charge in [-0.15, -0.1) is 0 Å². The van der Waals surface area contributed by atoms with Crippen molar-refractivity contribution in [2.24, 2.45) is 0 Å². The van der Waals surface area contributed by atoms with Gasteiger partial charge in [-0.2, -0.15) is 13.2 Å². The van der Waals surface area contributed by atoms with Gasteiger partial charge in [0.25, 0.3) is 5.56 Å². The number of hydrogen-bond acceptors (Lipinski definition) is 3. The minimum Gasteiger partial charge on any atom is -0.475 e. The van der Waals surface area contributed by atoms with E-state index >= 15 is 0 Å². The standard InChI is InChI=1S/C19H14N2O.C2HF3O2/c22-19-16(12-15-4-1-2-6-18(15)21-19)11-13-7-8-17-14(10-13)5-3-9-20-17;3-2(4,5)1(6)7/h1-10,12H,11H2,(H,21,22);(H,6,7). The van der Waals surface area contributed by atoms with Crippen LogP contribution in [0.5, 0.6) is 0 Å². The minimum absolute atomic E-state index is 0.0232. The molecule has 0 saturated carbocycles. The number of para-hydroxylation sites is 1. The number of hydrogen-bond donors (Lipinski definition) is 2. The molecule has 0 fully saturated rings. The first-order valence-corrected chi connectivity index (χ1v) is 8.49. The number of H-pyrrole nitrogens is 1. The molecular weight excluding hydrogens is 385 g/mol. The van der Waals surface area contributed by atoms with E-state index in [1.807, 2.05) is 54.6 Å². The third-order valence-electron chi connectivity index (χ3n) is 4.13. The Morgan fingerprint density at radius 3 is 2.41 bits per heavy atom. The molecule has 0 radical (unpaired) electrons. The summed E-state index contributed by atoms with van der Waals surface area (Å²) < 4.78 is 31.7. The maximum absolute atomic E-state index is 12.2. The number of carbonyl (C=O) groups is 1. The smallest absolute Gasteiger partial charge is 0.475 e. The second kappa shape index (κ2) is 8.14. The van der Waals surface area contributed by atoms with Crippen LogP contribution in [0.15, 0.2) is 71.7 Å². The van der Waals surface area contributed by atoms with Crippen molar-refractivity contribution in [1.29, 1.82) is 0 Å². The van der Waals surface area contributed by atoms with Gasteiger partial charge in [-0.3, -0.25) is 9.78 Å². The van der Waals surface area contributed by atoms with Gasteiger partial charge >= 0.3 is 12.1 Å². The molecule has 29 heavy (non-hydrogen) atoms. The van der Waals surface area contributed by atoms with E-state index in [0.717, 1.165) is 32.9 Å². The Labute approximate surface area is 162 Å². The van der Waals surface area contributed by atoms with Gasteiger partial charge in [-0.25, -0.2) is 4.79 Å². The van der Waals surface area contributed by atoms with Crippen molar-refractivity contribution in [3.63, 3.8) is 0 Å². The van der Waals surface area contributed by atoms with Gasteiger partial charge in [0.05, 0.1) is 5.52 Å². The maximum atomic E-state index is 12.2. The molecule has 4 rings (SSSR count). The Kier molecular flexibility index (Phi) is 5.63. The zero-order valence-corrected chi connectivity index (χ0v) is 14.9. The summed E-state index contributed by atoms with van der Waals surface area (Å²) in [6.07, 6.45) is -2.68. The van der Waals surface area contributed by atoms with Crippen molar-refractivity contribution >= 4 is 27.8 Å². The minimum atomic E-state index is -5.08. The molecule has 0 aliphatic carbocycles. The molecule has 4 aromatic rings. The summed E-state index contributed by atoms with van der Waals surface area (Å²) in [7, 11) is 0. The van der Waals surface area contributed by atoms with E-state index in [0.29, 0.717) is 6.42 Å². The summed E-state index contributed by atoms with van der Waals surface area (Å²) in [5.41, 5.74) is 3.71. The molecule has 2 aromatic carbocycles. The van der Waals surface area contributed by atoms with Crippen molar-refractivity contribution in [2.45, 2.75) is 12.6 Å². The number of carboxylic acid groups (broad SMARTS) is 1. The quantitative estimate of drug-likeness (QED) is 0.526. The van der Waals surface area contributed by atoms with Crippen molar-refractivity contribution < 1.29 is 23.1 Å². The molecule has 2 N–H and O–H groups in total. The molecule has 0 bridgehead atoms. The Hall–Kier alpha value is -3.68. The molecule has 0 spiro atoms. The third-order valence-corrected chi connectivity index (χ3v) is 4.13. The molecule has 0 atom stereocenters. The number of aromatic nitrogens is 2. The number of nitrogens with one attached hydrogen (secondary N) is 1. The highest BCUT2D eigenvalue weighted by atomic mass is 19.4. The largest absolute Gasteiger partial charge is 0.490 e. The highest BCUT2D eigenvalue weighted by molar-refractivity contribution is 5.80. The van der Waals surface area contributed by atoms with E-state index in [2.05, 4.69) is 16.0 Å². The number of pyridine rings is 2. The normalized spacial score (nSPS) is 11.1. The first kappa shape index (κ1) is 20.1. The first-order valence-electron chi connectivity index (χ1n) is 8.49. The molecular formula is C21H15F3N2O3. The topological polar surface area (TPSA) is 83.0 Å². The highest BCUT2D eigenvalue weighted by Gasteiger charge is 2.38. The Morgan fingerprint density at radius 1 is 1.00 bits per heavy atom. The lowest BCUT2D eigenvalue weighted by molar-refractivity contribution is -0.192. The number of benzene rings is 2. The van der Waals surface area contributed by atoms with Crippen LogP contribution in [0.4, 0.5) is 13.2 Å². The third kappa shape index (κ3) is 4.98. The number of rotatable bonds is 2. The van der Waals surface area contributed by atoms with E-state index in [1.165, 1.54) is 0 Å². The van der Waals surface area contributed by atoms with Crippen LogP contribution in [-0.2, 0) is 11.2 Å². The summed E-state index contributed by atoms with van der Waals surface area (Å²) in [5, 5.41) is 9.27. The molecule has 0 unspecified atom stereocenters. The SMILES string of the molecule is O=C(O)C(F)(F)F.O=c1[nH]c2ccccc2cc1Cc1ccc2ncccc2c1. The van der Waals surface area contributed by atoms with Crippen LogP contribution < -0.4 is 5.56 Å². The summed E-state index contributed by atoms with van der Waals surface area (Å²) in [5.74, 6) is -2.76. The molecule has 8 heteroatoms. The molecule has 2 heterocycles. The van der Waals surface area contributed by atoms with E-state index in [9.17, 15) is 18.0 Å². The van der Waals surface area contributed by atoms with Crippen LogP contribution in [0.2, 0.25) is 0 Å². The molecule has 5 nitrogen and oxygen atoms in total. The predicted molar refractivity (Wildman–Crippen MR) is 103 cm³/mol. The zero-order chi connectivity index (χ0) is 21.0. The number of carboxylic acids is 1. The van der Waals surface area contributed by atoms with Gasteiger partial charge in [0.1, 0.15) is 0 Å². The lowest BCUT2D eigenvalue weighted by Gasteiger charge is -2.05. The molecule has 0 aliphatic rings. The highest BCUT2D eigenvalue weighted by Crippen LogP contribution is 2.17. The van der Waals surface area contributed by atoms with Gasteiger partial charge in [0.2, 0.25) is 0 Å². The maximum Gasteiger partial charge on any atom is 0.490 e. The number of nitrogens with zero attached hydrogens (tertiary/aromatic N) is 1. The summed E-state index contributed by atoms with van der Waals surface area (Å²) in [4.78, 5) is 28.4. The van der Waals surface area contributed by atoms with E-state index in [4.69, 9.17) is 9.90 Å². The summed E-state index contributed by atoms with van der Waals surface area (Å²) in [6, 6.07) is 19.9. The van der Waals surface area contributed by atoms with Crippen LogP contribution in [0.25, 0.3) is 21.8 Å². The lowest BCUT2D eigenvalue weighted by atomic mass is 10.0. The van der Waals surface area contributed by atoms with E-state index < -0.39 is 12.1 Å². The Bertz CT molecular complexity index is 1230. The first-order chi connectivity index (χ1) is 13.7. The second-order valence-corrected chi connectivity index (χ2v) is 6.22. The van der Waals surface area contributed by atoms with Crippen molar-refractivity contribution in [3.05, 3.63) is 88.3 Å². The Balaban J connectivity index is 0.000000298. The van der Waals surface area contributed by atoms with Crippen LogP contribution in [0.1, 0.15) is 11.1 Å². The zero-order valence-electron chi connectivity index (χ0n) is 14.9. The lowest BCUT2D eigenvalue weighted by Crippen LogP contribution is -2.21. The fourth-order valence-electron chi connectivity index (χ4n) is 2.78. The second-order valence-electron chi connectivity index (χ2n) is 6.22. The molecule has 0 saturated heterocycles. The number of fused-ring (bicyclic) bond motifs is 2. The van der Waals surface area contributed by atoms with Crippen LogP contribution in [-0.4, -0.2) is 27.2 Å². The van der Waals surface area contributed by atoms with Crippen molar-refractivity contribution in [1.82, 2.24) is 9.97 Å². The number of alkyl halides is 3. The Morgan fingerprint density at radius 2 is 1.69 bits per heavy atom. The number of halogens is 3. The van der Waals surface area contributed by atoms with Gasteiger partial charge in [0, 0.05) is 29.1 Å². The van der Waals surface area contributed by atoms with Crippen LogP contribution in [0.3, 0.4) is 0 Å². The average Bonchev–Trinajstić information content (AvgIpc) is 2.68. The molecule has 0 aliphatic heterocycles. The summed E-state index contributed by atoms with van der Waals surface area (Å²) in [6.45, 7) is 0. The van der Waals surface area contributed by atoms with Crippen LogP contribution in [0, 0.1) is 0 Å². The van der Waals surface area contributed by atoms with Crippen molar-refractivity contribution in [3.8, 4) is 0 Å². The van der Waals surface area contributed by atoms with E-state index in [1.54, 1.807) is 6.20 Å². The predicted octanol–water partition coefficient (Wildman–Crippen LogP) is 4.30. The van der Waals surface area contributed by atoms with Gasteiger partial charge in [0.15, 0.2) is 0 Å². The number of aromatic amines is 1. The van der Waals surface area contributed by atoms with Gasteiger partial charge in [-0.1, -0.05) is 30.3 Å². The van der Waals surface area contributed by atoms with Gasteiger partial charge < -0.3 is 10.1 Å². The monoisotopic (exact) mass is 400 g/mol. The number of aliphatic carboxylic acids is 1. The average molecular weight is 400 g/mol. The fourth-order valence-corrected chi connectivity index (χ4v) is 2.78. The fraction of sp³-hybridized carbons (Fsp3) is 0.0952. The molecule has 2 aromatic heterocycles.